The normalized spacial score (nSPS) is 20.9. The Balaban J connectivity index is 1.63. The van der Waals surface area contributed by atoms with Crippen molar-refractivity contribution in [2.75, 3.05) is 16.3 Å². The number of carboxylic acids is 1. The molecule has 0 spiro atoms. The number of aliphatic hydroxyl groups is 1. The van der Waals surface area contributed by atoms with Crippen LogP contribution in [-0.4, -0.2) is 52.2 Å². The van der Waals surface area contributed by atoms with Gasteiger partial charge in [0.2, 0.25) is 0 Å². The second-order valence-electron chi connectivity index (χ2n) is 14.6. The molecule has 0 saturated carbocycles. The first-order valence-electron chi connectivity index (χ1n) is 16.2. The SMILES string of the molecule is CC1=CC(C)(C)N(C(=O)C(F)(F)F)c2cc3c(cc21)C(O)(c1c(Cl)cc(C(=O)O)c(Cl)c1C=O)c1cc2c4c(c1O3)CCCN4C(C)(C)C=C2C. The standard InChI is InChI=1S/C38H33Cl2F3N2O6/c1-17-15-36(5,6)45(34(49)38(41,42)43)27-13-28-24(10-20(17)27)37(50,29-23(16-46)30(40)22(33(47)48)12-26(29)39)25-11-21-18(2)14-35(3,4)44-9-7-8-19(31(21)44)32(25)51-28/h10-16,50H,7-9H2,1-6H3,(H,47,48). The third-order valence-electron chi connectivity index (χ3n) is 10.4. The number of aromatic carboxylic acids is 1. The third kappa shape index (κ3) is 4.88. The molecular weight excluding hydrogens is 708 g/mol. The third-order valence-corrected chi connectivity index (χ3v) is 11.1. The van der Waals surface area contributed by atoms with Gasteiger partial charge >= 0.3 is 18.1 Å². The van der Waals surface area contributed by atoms with E-state index in [1.54, 1.807) is 13.0 Å². The molecule has 4 heterocycles. The van der Waals surface area contributed by atoms with E-state index in [4.69, 9.17) is 27.9 Å². The van der Waals surface area contributed by atoms with E-state index >= 15 is 0 Å². The highest BCUT2D eigenvalue weighted by Crippen LogP contribution is 2.60. The molecule has 3 aromatic carbocycles. The highest BCUT2D eigenvalue weighted by molar-refractivity contribution is 6.38. The summed E-state index contributed by atoms with van der Waals surface area (Å²) in [6.45, 7) is 11.5. The summed E-state index contributed by atoms with van der Waals surface area (Å²) in [6.07, 6.45) is -0.0242. The molecule has 13 heteroatoms. The van der Waals surface area contributed by atoms with Crippen molar-refractivity contribution in [1.82, 2.24) is 0 Å². The van der Waals surface area contributed by atoms with Crippen LogP contribution in [0.15, 0.2) is 36.4 Å². The summed E-state index contributed by atoms with van der Waals surface area (Å²) in [4.78, 5) is 40.9. The highest BCUT2D eigenvalue weighted by Gasteiger charge is 2.53. The molecule has 8 nitrogen and oxygen atoms in total. The molecule has 266 valence electrons. The van der Waals surface area contributed by atoms with Crippen LogP contribution in [0.5, 0.6) is 11.5 Å². The average molecular weight is 742 g/mol. The fraction of sp³-hybridized carbons (Fsp3) is 0.342. The zero-order valence-corrected chi connectivity index (χ0v) is 30.0. The summed E-state index contributed by atoms with van der Waals surface area (Å²) in [5.41, 5.74) is -1.12. The Bertz CT molecular complexity index is 2210. The average Bonchev–Trinajstić information content (AvgIpc) is 3.02. The number of fused-ring (bicyclic) bond motifs is 4. The number of carbonyl (C=O) groups is 3. The number of alkyl halides is 3. The molecule has 0 aromatic heterocycles. The minimum absolute atomic E-state index is 0.00217. The van der Waals surface area contributed by atoms with Crippen LogP contribution in [0.25, 0.3) is 11.1 Å². The maximum absolute atomic E-state index is 14.1. The van der Waals surface area contributed by atoms with Gasteiger partial charge in [0, 0.05) is 56.6 Å². The molecule has 1 atom stereocenters. The molecule has 0 saturated heterocycles. The zero-order chi connectivity index (χ0) is 37.3. The quantitative estimate of drug-likeness (QED) is 0.258. The number of benzene rings is 3. The van der Waals surface area contributed by atoms with Crippen molar-refractivity contribution in [3.63, 3.8) is 0 Å². The van der Waals surface area contributed by atoms with Crippen molar-refractivity contribution in [1.29, 1.82) is 0 Å². The van der Waals surface area contributed by atoms with Gasteiger partial charge in [-0.05, 0) is 83.7 Å². The number of hydrogen-bond donors (Lipinski definition) is 2. The Morgan fingerprint density at radius 1 is 0.961 bits per heavy atom. The maximum Gasteiger partial charge on any atom is 0.471 e. The minimum Gasteiger partial charge on any atom is -0.478 e. The van der Waals surface area contributed by atoms with E-state index in [1.165, 1.54) is 32.1 Å². The Kier molecular flexibility index (Phi) is 7.63. The maximum atomic E-state index is 14.1. The van der Waals surface area contributed by atoms with Gasteiger partial charge in [0.1, 0.15) is 17.1 Å². The number of anilines is 2. The molecule has 4 aliphatic heterocycles. The number of carbonyl (C=O) groups excluding carboxylic acids is 2. The van der Waals surface area contributed by atoms with Crippen LogP contribution in [0.4, 0.5) is 24.5 Å². The molecule has 0 fully saturated rings. The molecule has 7 rings (SSSR count). The lowest BCUT2D eigenvalue weighted by Gasteiger charge is -2.49. The van der Waals surface area contributed by atoms with Crippen molar-refractivity contribution in [2.45, 2.75) is 77.2 Å². The first-order chi connectivity index (χ1) is 23.6. The van der Waals surface area contributed by atoms with Crippen molar-refractivity contribution < 1.29 is 42.5 Å². The van der Waals surface area contributed by atoms with E-state index in [0.717, 1.165) is 35.0 Å². The van der Waals surface area contributed by atoms with E-state index in [9.17, 15) is 37.8 Å². The largest absolute Gasteiger partial charge is 0.478 e. The van der Waals surface area contributed by atoms with Crippen molar-refractivity contribution in [3.05, 3.63) is 91.0 Å². The number of allylic oxidation sites excluding steroid dienone is 2. The number of ether oxygens (including phenoxy) is 1. The van der Waals surface area contributed by atoms with Gasteiger partial charge in [-0.25, -0.2) is 4.79 Å². The zero-order valence-electron chi connectivity index (χ0n) is 28.5. The highest BCUT2D eigenvalue weighted by atomic mass is 35.5. The van der Waals surface area contributed by atoms with Crippen molar-refractivity contribution >= 4 is 63.9 Å². The van der Waals surface area contributed by atoms with Gasteiger partial charge < -0.3 is 19.8 Å². The van der Waals surface area contributed by atoms with Gasteiger partial charge in [-0.3, -0.25) is 14.5 Å². The van der Waals surface area contributed by atoms with Gasteiger partial charge in [0.25, 0.3) is 0 Å². The number of aldehydes is 1. The predicted molar refractivity (Wildman–Crippen MR) is 189 cm³/mol. The molecule has 0 aliphatic carbocycles. The second-order valence-corrected chi connectivity index (χ2v) is 15.4. The topological polar surface area (TPSA) is 107 Å². The van der Waals surface area contributed by atoms with Gasteiger partial charge in [-0.2, -0.15) is 13.2 Å². The Labute approximate surface area is 301 Å². The molecule has 4 aliphatic rings. The summed E-state index contributed by atoms with van der Waals surface area (Å²) in [6, 6.07) is 5.53. The number of nitrogens with zero attached hydrogens (tertiary/aromatic N) is 2. The fourth-order valence-electron chi connectivity index (χ4n) is 8.45. The molecule has 1 amide bonds. The van der Waals surface area contributed by atoms with Gasteiger partial charge in [-0.1, -0.05) is 35.4 Å². The van der Waals surface area contributed by atoms with E-state index in [0.29, 0.717) is 29.6 Å². The first-order valence-corrected chi connectivity index (χ1v) is 17.0. The van der Waals surface area contributed by atoms with E-state index in [1.807, 2.05) is 6.92 Å². The van der Waals surface area contributed by atoms with Crippen molar-refractivity contribution in [3.8, 4) is 11.5 Å². The molecule has 2 N–H and O–H groups in total. The lowest BCUT2D eigenvalue weighted by Crippen LogP contribution is -2.54. The Morgan fingerprint density at radius 2 is 1.59 bits per heavy atom. The molecule has 51 heavy (non-hydrogen) atoms. The lowest BCUT2D eigenvalue weighted by molar-refractivity contribution is -0.171. The molecule has 1 unspecified atom stereocenters. The predicted octanol–water partition coefficient (Wildman–Crippen LogP) is 8.93. The van der Waals surface area contributed by atoms with Gasteiger partial charge in [0.05, 0.1) is 33.0 Å². The van der Waals surface area contributed by atoms with Gasteiger partial charge in [-0.15, -0.1) is 0 Å². The molecule has 0 bridgehead atoms. The van der Waals surface area contributed by atoms with Crippen LogP contribution in [0.3, 0.4) is 0 Å². The number of hydrogen-bond acceptors (Lipinski definition) is 6. The van der Waals surface area contributed by atoms with Crippen LogP contribution >= 0.6 is 23.2 Å². The van der Waals surface area contributed by atoms with Crippen LogP contribution in [0.2, 0.25) is 10.0 Å². The van der Waals surface area contributed by atoms with Crippen LogP contribution in [0, 0.1) is 0 Å². The van der Waals surface area contributed by atoms with Crippen LogP contribution in [-0.2, 0) is 16.8 Å². The first kappa shape index (κ1) is 35.1. The van der Waals surface area contributed by atoms with Gasteiger partial charge in [0.15, 0.2) is 6.29 Å². The van der Waals surface area contributed by atoms with Crippen LogP contribution < -0.4 is 14.5 Å². The summed E-state index contributed by atoms with van der Waals surface area (Å²) >= 11 is 13.4. The summed E-state index contributed by atoms with van der Waals surface area (Å²) in [5, 5.41) is 22.5. The molecule has 3 aromatic rings. The summed E-state index contributed by atoms with van der Waals surface area (Å²) < 4.78 is 49.0. The van der Waals surface area contributed by atoms with E-state index in [2.05, 4.69) is 24.8 Å². The number of rotatable bonds is 3. The van der Waals surface area contributed by atoms with E-state index in [-0.39, 0.29) is 55.6 Å². The Hall–Kier alpha value is -4.32. The van der Waals surface area contributed by atoms with E-state index < -0.39 is 39.8 Å². The van der Waals surface area contributed by atoms with Crippen molar-refractivity contribution in [2.24, 2.45) is 0 Å². The number of carboxylic acid groups (broad SMARTS) is 1. The monoisotopic (exact) mass is 740 g/mol. The summed E-state index contributed by atoms with van der Waals surface area (Å²) in [7, 11) is 0. The smallest absolute Gasteiger partial charge is 0.471 e. The summed E-state index contributed by atoms with van der Waals surface area (Å²) in [5.74, 6) is -3.42. The molecule has 0 radical (unpaired) electrons. The van der Waals surface area contributed by atoms with Crippen LogP contribution in [0.1, 0.15) is 102 Å². The molecular formula is C38H33Cl2F3N2O6. The minimum atomic E-state index is -5.21. The number of halogens is 5. The Morgan fingerprint density at radius 3 is 2.22 bits per heavy atom. The second kappa shape index (κ2) is 11.1. The lowest BCUT2D eigenvalue weighted by atomic mass is 9.72. The fourth-order valence-corrected chi connectivity index (χ4v) is 9.07. The number of amides is 1.